The summed E-state index contributed by atoms with van der Waals surface area (Å²) in [7, 11) is 0. The Kier molecular flexibility index (Phi) is 6.40. The Hall–Kier alpha value is -3.35. The number of benzene rings is 2. The van der Waals surface area contributed by atoms with Crippen LogP contribution in [-0.4, -0.2) is 43.6 Å². The van der Waals surface area contributed by atoms with Crippen molar-refractivity contribution >= 4 is 33.4 Å². The summed E-state index contributed by atoms with van der Waals surface area (Å²) in [5.74, 6) is -0.122. The summed E-state index contributed by atoms with van der Waals surface area (Å²) in [6.07, 6.45) is 0. The van der Waals surface area contributed by atoms with E-state index in [2.05, 4.69) is 38.1 Å². The van der Waals surface area contributed by atoms with Gasteiger partial charge in [-0.3, -0.25) is 4.79 Å². The second kappa shape index (κ2) is 9.38. The molecule has 0 saturated heterocycles. The smallest absolute Gasteiger partial charge is 0.233 e. The number of carbonyl (C=O) groups is 1. The number of rotatable bonds is 9. The lowest BCUT2D eigenvalue weighted by Crippen LogP contribution is -2.36. The van der Waals surface area contributed by atoms with Gasteiger partial charge < -0.3 is 16.0 Å². The molecule has 27 heavy (non-hydrogen) atoms. The van der Waals surface area contributed by atoms with Crippen LogP contribution in [0.5, 0.6) is 0 Å². The Balaban J connectivity index is 1.57. The van der Waals surface area contributed by atoms with E-state index < -0.39 is 0 Å². The van der Waals surface area contributed by atoms with Gasteiger partial charge in [-0.2, -0.15) is 0 Å². The Morgan fingerprint density at radius 1 is 1.00 bits per heavy atom. The number of anilines is 1. The van der Waals surface area contributed by atoms with Crippen LogP contribution in [0.1, 0.15) is 0 Å². The van der Waals surface area contributed by atoms with Gasteiger partial charge in [0.05, 0.1) is 23.3 Å². The van der Waals surface area contributed by atoms with Crippen molar-refractivity contribution < 1.29 is 4.79 Å². The largest absolute Gasteiger partial charge is 0.383 e. The van der Waals surface area contributed by atoms with Gasteiger partial charge in [-0.05, 0) is 17.7 Å². The van der Waals surface area contributed by atoms with E-state index in [1.165, 1.54) is 0 Å². The van der Waals surface area contributed by atoms with Crippen molar-refractivity contribution in [3.05, 3.63) is 59.0 Å². The van der Waals surface area contributed by atoms with Crippen LogP contribution in [-0.2, 0) is 4.79 Å². The van der Waals surface area contributed by atoms with Gasteiger partial charge in [0.1, 0.15) is 0 Å². The molecule has 0 bridgehead atoms. The highest BCUT2D eigenvalue weighted by atomic mass is 16.1. The van der Waals surface area contributed by atoms with Gasteiger partial charge in [-0.15, -0.1) is 0 Å². The monoisotopic (exact) mass is 363 g/mol. The number of carbonyl (C=O) groups excluding carboxylic acids is 1. The van der Waals surface area contributed by atoms with Crippen molar-refractivity contribution in [1.82, 2.24) is 15.6 Å². The molecule has 8 heteroatoms. The van der Waals surface area contributed by atoms with E-state index >= 15 is 0 Å². The van der Waals surface area contributed by atoms with Crippen molar-refractivity contribution in [2.75, 3.05) is 38.0 Å². The first kappa shape index (κ1) is 18.4. The molecular formula is C19H21N7O. The number of para-hydroxylation sites is 2. The van der Waals surface area contributed by atoms with Crippen LogP contribution < -0.4 is 16.0 Å². The molecule has 3 N–H and O–H groups in total. The van der Waals surface area contributed by atoms with Crippen molar-refractivity contribution in [3.63, 3.8) is 0 Å². The van der Waals surface area contributed by atoms with Gasteiger partial charge in [0.2, 0.25) is 5.91 Å². The maximum Gasteiger partial charge on any atom is 0.233 e. The van der Waals surface area contributed by atoms with Crippen molar-refractivity contribution in [3.8, 4) is 0 Å². The number of nitrogens with one attached hydrogen (secondary N) is 3. The molecule has 0 atom stereocenters. The van der Waals surface area contributed by atoms with E-state index in [1.807, 2.05) is 36.4 Å². The highest BCUT2D eigenvalue weighted by molar-refractivity contribution is 6.07. The van der Waals surface area contributed by atoms with Crippen LogP contribution in [0, 0.1) is 0 Å². The number of azide groups is 1. The van der Waals surface area contributed by atoms with E-state index in [-0.39, 0.29) is 19.0 Å². The molecule has 0 aliphatic rings. The number of nitrogens with zero attached hydrogens (tertiary/aromatic N) is 4. The molecule has 0 saturated carbocycles. The molecule has 1 heterocycles. The molecule has 0 unspecified atom stereocenters. The fourth-order valence-corrected chi connectivity index (χ4v) is 2.86. The molecule has 8 nitrogen and oxygen atoms in total. The first-order valence-corrected chi connectivity index (χ1v) is 8.79. The Bertz CT molecular complexity index is 928. The number of fused-ring (bicyclic) bond motifs is 2. The van der Waals surface area contributed by atoms with Crippen LogP contribution in [0.2, 0.25) is 0 Å². The number of pyridine rings is 1. The zero-order valence-corrected chi connectivity index (χ0v) is 14.9. The van der Waals surface area contributed by atoms with Crippen LogP contribution in [0.15, 0.2) is 53.6 Å². The van der Waals surface area contributed by atoms with E-state index in [0.29, 0.717) is 19.6 Å². The molecule has 1 amide bonds. The molecule has 0 spiro atoms. The Morgan fingerprint density at radius 3 is 2.33 bits per heavy atom. The summed E-state index contributed by atoms with van der Waals surface area (Å²) in [6.45, 7) is 2.12. The standard InChI is InChI=1S/C19H21N7O/c20-26-24-12-11-22-18(27)13-21-9-10-23-19-14-5-1-3-7-16(14)25-17-8-4-2-6-15(17)19/h1-8,21H,9-13H2,(H,22,27)(H,23,25). The first-order chi connectivity index (χ1) is 13.3. The summed E-state index contributed by atoms with van der Waals surface area (Å²) in [6, 6.07) is 16.1. The minimum absolute atomic E-state index is 0.122. The molecule has 3 aromatic rings. The second-order valence-electron chi connectivity index (χ2n) is 5.93. The van der Waals surface area contributed by atoms with Gasteiger partial charge in [0.15, 0.2) is 0 Å². The summed E-state index contributed by atoms with van der Waals surface area (Å²) in [5.41, 5.74) is 11.1. The fourth-order valence-electron chi connectivity index (χ4n) is 2.86. The van der Waals surface area contributed by atoms with Gasteiger partial charge >= 0.3 is 0 Å². The molecule has 0 radical (unpaired) electrons. The van der Waals surface area contributed by atoms with Crippen LogP contribution in [0.4, 0.5) is 5.69 Å². The van der Waals surface area contributed by atoms with Gasteiger partial charge in [-0.25, -0.2) is 4.98 Å². The van der Waals surface area contributed by atoms with Crippen LogP contribution in [0.3, 0.4) is 0 Å². The van der Waals surface area contributed by atoms with E-state index in [4.69, 9.17) is 10.5 Å². The lowest BCUT2D eigenvalue weighted by Gasteiger charge is -2.13. The first-order valence-electron chi connectivity index (χ1n) is 8.79. The third-order valence-corrected chi connectivity index (χ3v) is 4.07. The summed E-state index contributed by atoms with van der Waals surface area (Å²) in [5, 5.41) is 14.8. The highest BCUT2D eigenvalue weighted by Gasteiger charge is 2.08. The zero-order chi connectivity index (χ0) is 18.9. The summed E-state index contributed by atoms with van der Waals surface area (Å²) in [4.78, 5) is 19.0. The number of hydrogen-bond acceptors (Lipinski definition) is 5. The van der Waals surface area contributed by atoms with Crippen LogP contribution in [0.25, 0.3) is 32.2 Å². The summed E-state index contributed by atoms with van der Waals surface area (Å²) >= 11 is 0. The SMILES string of the molecule is [N-]=[N+]=NCCNC(=O)CNCCNc1c2ccccc2nc2ccccc12. The highest BCUT2D eigenvalue weighted by Crippen LogP contribution is 2.30. The van der Waals surface area contributed by atoms with Crippen LogP contribution >= 0.6 is 0 Å². The van der Waals surface area contributed by atoms with Gasteiger partial charge in [0.25, 0.3) is 0 Å². The normalized spacial score (nSPS) is 10.5. The molecule has 138 valence electrons. The number of aromatic nitrogens is 1. The van der Waals surface area contributed by atoms with Crippen molar-refractivity contribution in [1.29, 1.82) is 0 Å². The quantitative estimate of drug-likeness (QED) is 0.178. The zero-order valence-electron chi connectivity index (χ0n) is 14.9. The van der Waals surface area contributed by atoms with E-state index in [9.17, 15) is 4.79 Å². The van der Waals surface area contributed by atoms with Crippen molar-refractivity contribution in [2.24, 2.45) is 5.11 Å². The fraction of sp³-hybridized carbons (Fsp3) is 0.263. The van der Waals surface area contributed by atoms with Gasteiger partial charge in [0, 0.05) is 41.9 Å². The maximum atomic E-state index is 11.7. The predicted molar refractivity (Wildman–Crippen MR) is 108 cm³/mol. The lowest BCUT2D eigenvalue weighted by molar-refractivity contribution is -0.120. The molecule has 3 rings (SSSR count). The maximum absolute atomic E-state index is 11.7. The number of amides is 1. The predicted octanol–water partition coefficient (Wildman–Crippen LogP) is 2.82. The lowest BCUT2D eigenvalue weighted by atomic mass is 10.1. The van der Waals surface area contributed by atoms with E-state index in [1.54, 1.807) is 0 Å². The molecular weight excluding hydrogens is 342 g/mol. The third kappa shape index (κ3) is 4.84. The Labute approximate surface area is 156 Å². The third-order valence-electron chi connectivity index (χ3n) is 4.07. The van der Waals surface area contributed by atoms with E-state index in [0.717, 1.165) is 27.5 Å². The Morgan fingerprint density at radius 2 is 1.67 bits per heavy atom. The molecule has 0 aliphatic carbocycles. The topological polar surface area (TPSA) is 115 Å². The molecule has 2 aromatic carbocycles. The minimum atomic E-state index is -0.122. The molecule has 1 aromatic heterocycles. The van der Waals surface area contributed by atoms with Gasteiger partial charge in [-0.1, -0.05) is 41.5 Å². The molecule has 0 aliphatic heterocycles. The minimum Gasteiger partial charge on any atom is -0.383 e. The average molecular weight is 363 g/mol. The second-order valence-corrected chi connectivity index (χ2v) is 5.93. The summed E-state index contributed by atoms with van der Waals surface area (Å²) < 4.78 is 0. The number of hydrogen-bond donors (Lipinski definition) is 3. The molecule has 0 fully saturated rings. The average Bonchev–Trinajstić information content (AvgIpc) is 2.70. The van der Waals surface area contributed by atoms with Crippen molar-refractivity contribution in [2.45, 2.75) is 0 Å².